The molecule has 1 aromatic carbocycles. The van der Waals surface area contributed by atoms with E-state index < -0.39 is 6.29 Å². The minimum absolute atomic E-state index is 0.0845. The molecule has 0 aromatic heterocycles. The van der Waals surface area contributed by atoms with E-state index in [1.54, 1.807) is 14.2 Å². The van der Waals surface area contributed by atoms with Gasteiger partial charge in [-0.25, -0.2) is 0 Å². The predicted molar refractivity (Wildman–Crippen MR) is 77.3 cm³/mol. The molecular formula is C16H24O4. The van der Waals surface area contributed by atoms with E-state index in [4.69, 9.17) is 14.2 Å². The predicted octanol–water partition coefficient (Wildman–Crippen LogP) is 2.73. The van der Waals surface area contributed by atoms with Gasteiger partial charge in [0.2, 0.25) is 0 Å². The summed E-state index contributed by atoms with van der Waals surface area (Å²) >= 11 is 0. The summed E-state index contributed by atoms with van der Waals surface area (Å²) in [5, 5.41) is 9.59. The summed E-state index contributed by atoms with van der Waals surface area (Å²) < 4.78 is 16.2. The largest absolute Gasteiger partial charge is 0.493 e. The number of benzene rings is 1. The molecule has 1 N–H and O–H groups in total. The molecule has 1 heterocycles. The highest BCUT2D eigenvalue weighted by molar-refractivity contribution is 5.45. The molecule has 20 heavy (non-hydrogen) atoms. The molecule has 1 aliphatic rings. The van der Waals surface area contributed by atoms with Crippen molar-refractivity contribution in [1.29, 1.82) is 0 Å². The fraction of sp³-hybridized carbons (Fsp3) is 0.625. The van der Waals surface area contributed by atoms with Gasteiger partial charge in [0.1, 0.15) is 0 Å². The van der Waals surface area contributed by atoms with Gasteiger partial charge in [0.25, 0.3) is 0 Å². The third kappa shape index (κ3) is 2.63. The van der Waals surface area contributed by atoms with Crippen molar-refractivity contribution in [3.63, 3.8) is 0 Å². The molecule has 1 aliphatic heterocycles. The SMILES string of the molecule is COc1ccc([C@]2(C(C)C)CCC(O)OC2)cc1OC. The van der Waals surface area contributed by atoms with Gasteiger partial charge in [0.15, 0.2) is 17.8 Å². The molecule has 0 aliphatic carbocycles. The summed E-state index contributed by atoms with van der Waals surface area (Å²) in [5.41, 5.74) is 1.09. The summed E-state index contributed by atoms with van der Waals surface area (Å²) in [4.78, 5) is 0. The lowest BCUT2D eigenvalue weighted by atomic mass is 9.68. The Labute approximate surface area is 120 Å². The average Bonchev–Trinajstić information content (AvgIpc) is 2.47. The normalized spacial score (nSPS) is 26.6. The molecule has 1 aromatic rings. The third-order valence-electron chi connectivity index (χ3n) is 4.43. The van der Waals surface area contributed by atoms with Crippen molar-refractivity contribution in [3.8, 4) is 11.5 Å². The zero-order valence-electron chi connectivity index (χ0n) is 12.7. The summed E-state index contributed by atoms with van der Waals surface area (Å²) in [7, 11) is 3.28. The quantitative estimate of drug-likeness (QED) is 0.921. The molecule has 112 valence electrons. The maximum absolute atomic E-state index is 9.59. The Hall–Kier alpha value is -1.26. The highest BCUT2D eigenvalue weighted by atomic mass is 16.6. The van der Waals surface area contributed by atoms with Gasteiger partial charge in [-0.05, 0) is 36.5 Å². The van der Waals surface area contributed by atoms with E-state index >= 15 is 0 Å². The van der Waals surface area contributed by atoms with Gasteiger partial charge >= 0.3 is 0 Å². The number of aliphatic hydroxyl groups is 1. The van der Waals surface area contributed by atoms with E-state index in [9.17, 15) is 5.11 Å². The summed E-state index contributed by atoms with van der Waals surface area (Å²) in [5.74, 6) is 1.87. The van der Waals surface area contributed by atoms with E-state index in [-0.39, 0.29) is 5.41 Å². The van der Waals surface area contributed by atoms with Crippen LogP contribution in [0.25, 0.3) is 0 Å². The summed E-state index contributed by atoms with van der Waals surface area (Å²) in [6.45, 7) is 4.91. The fourth-order valence-corrected chi connectivity index (χ4v) is 2.94. The highest BCUT2D eigenvalue weighted by Gasteiger charge is 2.40. The van der Waals surface area contributed by atoms with Crippen LogP contribution in [-0.4, -0.2) is 32.2 Å². The van der Waals surface area contributed by atoms with Gasteiger partial charge in [0, 0.05) is 5.41 Å². The van der Waals surface area contributed by atoms with Crippen LogP contribution in [-0.2, 0) is 10.2 Å². The number of ether oxygens (including phenoxy) is 3. The molecule has 0 radical (unpaired) electrons. The second kappa shape index (κ2) is 6.02. The van der Waals surface area contributed by atoms with Crippen LogP contribution in [0.2, 0.25) is 0 Å². The number of methoxy groups -OCH3 is 2. The highest BCUT2D eigenvalue weighted by Crippen LogP contribution is 2.43. The maximum atomic E-state index is 9.59. The summed E-state index contributed by atoms with van der Waals surface area (Å²) in [6, 6.07) is 6.03. The van der Waals surface area contributed by atoms with Gasteiger partial charge in [-0.15, -0.1) is 0 Å². The molecule has 0 spiro atoms. The van der Waals surface area contributed by atoms with Gasteiger partial charge in [0.05, 0.1) is 20.8 Å². The Balaban J connectivity index is 2.40. The second-order valence-corrected chi connectivity index (χ2v) is 5.68. The topological polar surface area (TPSA) is 47.9 Å². The van der Waals surface area contributed by atoms with Crippen LogP contribution in [0.5, 0.6) is 11.5 Å². The third-order valence-corrected chi connectivity index (χ3v) is 4.43. The molecular weight excluding hydrogens is 256 g/mol. The molecule has 1 unspecified atom stereocenters. The van der Waals surface area contributed by atoms with Gasteiger partial charge < -0.3 is 19.3 Å². The van der Waals surface area contributed by atoms with E-state index in [2.05, 4.69) is 19.9 Å². The van der Waals surface area contributed by atoms with Crippen LogP contribution in [0.3, 0.4) is 0 Å². The molecule has 1 saturated heterocycles. The van der Waals surface area contributed by atoms with E-state index in [1.807, 2.05) is 12.1 Å². The first-order valence-electron chi connectivity index (χ1n) is 7.05. The zero-order valence-corrected chi connectivity index (χ0v) is 12.7. The lowest BCUT2D eigenvalue weighted by Crippen LogP contribution is -2.43. The molecule has 0 saturated carbocycles. The molecule has 2 atom stereocenters. The first-order valence-corrected chi connectivity index (χ1v) is 7.05. The van der Waals surface area contributed by atoms with Gasteiger partial charge in [-0.3, -0.25) is 0 Å². The van der Waals surface area contributed by atoms with E-state index in [1.165, 1.54) is 5.56 Å². The number of hydrogen-bond donors (Lipinski definition) is 1. The van der Waals surface area contributed by atoms with Gasteiger partial charge in [-0.2, -0.15) is 0 Å². The smallest absolute Gasteiger partial charge is 0.161 e. The molecule has 0 amide bonds. The second-order valence-electron chi connectivity index (χ2n) is 5.68. The number of hydrogen-bond acceptors (Lipinski definition) is 4. The van der Waals surface area contributed by atoms with Crippen molar-refractivity contribution in [1.82, 2.24) is 0 Å². The van der Waals surface area contributed by atoms with E-state index in [0.29, 0.717) is 18.9 Å². The summed E-state index contributed by atoms with van der Waals surface area (Å²) in [6.07, 6.45) is 0.926. The van der Waals surface area contributed by atoms with Crippen LogP contribution in [0.1, 0.15) is 32.3 Å². The Morgan fingerprint density at radius 1 is 1.25 bits per heavy atom. The number of rotatable bonds is 4. The van der Waals surface area contributed by atoms with Crippen molar-refractivity contribution in [2.45, 2.75) is 38.4 Å². The number of aliphatic hydroxyl groups excluding tert-OH is 1. The van der Waals surface area contributed by atoms with Crippen LogP contribution in [0.4, 0.5) is 0 Å². The first-order chi connectivity index (χ1) is 9.53. The zero-order chi connectivity index (χ0) is 14.8. The fourth-order valence-electron chi connectivity index (χ4n) is 2.94. The molecule has 0 bridgehead atoms. The maximum Gasteiger partial charge on any atom is 0.161 e. The standard InChI is InChI=1S/C16H24O4/c1-11(2)16(8-7-15(17)20-10-16)12-5-6-13(18-3)14(9-12)19-4/h5-6,9,11,15,17H,7-8,10H2,1-4H3/t15?,16-/m1/s1. The molecule has 4 nitrogen and oxygen atoms in total. The van der Waals surface area contributed by atoms with Crippen LogP contribution in [0.15, 0.2) is 18.2 Å². The molecule has 2 rings (SSSR count). The Morgan fingerprint density at radius 3 is 2.45 bits per heavy atom. The Morgan fingerprint density at radius 2 is 1.95 bits per heavy atom. The van der Waals surface area contributed by atoms with Crippen molar-refractivity contribution in [2.75, 3.05) is 20.8 Å². The van der Waals surface area contributed by atoms with Crippen LogP contribution < -0.4 is 9.47 Å². The lowest BCUT2D eigenvalue weighted by Gasteiger charge is -2.42. The monoisotopic (exact) mass is 280 g/mol. The van der Waals surface area contributed by atoms with Crippen molar-refractivity contribution in [2.24, 2.45) is 5.92 Å². The lowest BCUT2D eigenvalue weighted by molar-refractivity contribution is -0.154. The minimum Gasteiger partial charge on any atom is -0.493 e. The minimum atomic E-state index is -0.637. The van der Waals surface area contributed by atoms with Gasteiger partial charge in [-0.1, -0.05) is 19.9 Å². The van der Waals surface area contributed by atoms with Crippen LogP contribution >= 0.6 is 0 Å². The average molecular weight is 280 g/mol. The van der Waals surface area contributed by atoms with E-state index in [0.717, 1.165) is 17.9 Å². The molecule has 1 fully saturated rings. The van der Waals surface area contributed by atoms with Crippen molar-refractivity contribution >= 4 is 0 Å². The van der Waals surface area contributed by atoms with Crippen LogP contribution in [0, 0.1) is 5.92 Å². The molecule has 4 heteroatoms. The van der Waals surface area contributed by atoms with Crippen molar-refractivity contribution < 1.29 is 19.3 Å². The first kappa shape index (κ1) is 15.1. The Kier molecular flexibility index (Phi) is 4.55. The van der Waals surface area contributed by atoms with Crippen molar-refractivity contribution in [3.05, 3.63) is 23.8 Å². The Bertz CT molecular complexity index is 448.